The van der Waals surface area contributed by atoms with E-state index in [4.69, 9.17) is 10.00 Å². The first-order valence-electron chi connectivity index (χ1n) is 6.28. The number of anilines is 1. The Morgan fingerprint density at radius 3 is 2.84 bits per heavy atom. The van der Waals surface area contributed by atoms with E-state index in [1.807, 2.05) is 4.90 Å². The summed E-state index contributed by atoms with van der Waals surface area (Å²) in [6, 6.07) is 5.63. The molecule has 19 heavy (non-hydrogen) atoms. The minimum Gasteiger partial charge on any atom is -0.450 e. The van der Waals surface area contributed by atoms with Crippen LogP contribution in [0, 0.1) is 11.3 Å². The number of nitrogens with zero attached hydrogens (tertiary/aromatic N) is 4. The Labute approximate surface area is 112 Å². The van der Waals surface area contributed by atoms with Crippen LogP contribution in [0.15, 0.2) is 18.3 Å². The van der Waals surface area contributed by atoms with Gasteiger partial charge < -0.3 is 14.5 Å². The number of pyridine rings is 1. The summed E-state index contributed by atoms with van der Waals surface area (Å²) in [6.45, 7) is 4.66. The first-order valence-corrected chi connectivity index (χ1v) is 6.28. The highest BCUT2D eigenvalue weighted by molar-refractivity contribution is 5.68. The van der Waals surface area contributed by atoms with E-state index in [-0.39, 0.29) is 6.09 Å². The summed E-state index contributed by atoms with van der Waals surface area (Å²) in [6.07, 6.45) is 1.40. The summed E-state index contributed by atoms with van der Waals surface area (Å²) in [4.78, 5) is 19.5. The Morgan fingerprint density at radius 2 is 2.21 bits per heavy atom. The molecule has 2 rings (SSSR count). The molecule has 0 aromatic carbocycles. The van der Waals surface area contributed by atoms with Gasteiger partial charge in [-0.2, -0.15) is 5.26 Å². The summed E-state index contributed by atoms with van der Waals surface area (Å²) in [7, 11) is 0. The second kappa shape index (κ2) is 6.05. The third-order valence-electron chi connectivity index (χ3n) is 3.01. The lowest BCUT2D eigenvalue weighted by Gasteiger charge is -2.34. The second-order valence-electron chi connectivity index (χ2n) is 4.16. The molecule has 0 radical (unpaired) electrons. The highest BCUT2D eigenvalue weighted by atomic mass is 16.6. The van der Waals surface area contributed by atoms with Gasteiger partial charge in [-0.25, -0.2) is 9.78 Å². The van der Waals surface area contributed by atoms with Crippen LogP contribution >= 0.6 is 0 Å². The summed E-state index contributed by atoms with van der Waals surface area (Å²) in [5.41, 5.74) is 0.562. The number of piperazine rings is 1. The molecule has 1 aromatic rings. The van der Waals surface area contributed by atoms with Gasteiger partial charge in [0.05, 0.1) is 12.2 Å². The van der Waals surface area contributed by atoms with Crippen molar-refractivity contribution in [2.45, 2.75) is 6.92 Å². The molecule has 1 aromatic heterocycles. The van der Waals surface area contributed by atoms with Crippen LogP contribution in [0.3, 0.4) is 0 Å². The topological polar surface area (TPSA) is 69.5 Å². The molecule has 1 fully saturated rings. The van der Waals surface area contributed by atoms with Gasteiger partial charge in [0.15, 0.2) is 0 Å². The van der Waals surface area contributed by atoms with E-state index >= 15 is 0 Å². The normalized spacial score (nSPS) is 14.9. The molecular formula is C13H16N4O2. The predicted octanol–water partition coefficient (Wildman–Crippen LogP) is 1.23. The largest absolute Gasteiger partial charge is 0.450 e. The van der Waals surface area contributed by atoms with Crippen molar-refractivity contribution in [3.8, 4) is 6.07 Å². The van der Waals surface area contributed by atoms with E-state index in [1.54, 1.807) is 30.2 Å². The summed E-state index contributed by atoms with van der Waals surface area (Å²) in [5, 5.41) is 9.06. The standard InChI is InChI=1S/C13H16N4O2/c1-2-19-13(18)17-8-6-16(7-9-17)12-11(10-14)4-3-5-15-12/h3-5H,2,6-9H2,1H3. The monoisotopic (exact) mass is 260 g/mol. The molecule has 1 amide bonds. The molecule has 6 heteroatoms. The van der Waals surface area contributed by atoms with Crippen molar-refractivity contribution in [2.24, 2.45) is 0 Å². The van der Waals surface area contributed by atoms with Crippen molar-refractivity contribution in [3.63, 3.8) is 0 Å². The molecule has 0 spiro atoms. The number of carbonyl (C=O) groups is 1. The number of ether oxygens (including phenoxy) is 1. The minimum absolute atomic E-state index is 0.274. The fraction of sp³-hybridized carbons (Fsp3) is 0.462. The number of hydrogen-bond acceptors (Lipinski definition) is 5. The van der Waals surface area contributed by atoms with Gasteiger partial charge in [0.1, 0.15) is 11.9 Å². The van der Waals surface area contributed by atoms with Crippen LogP contribution in [0.5, 0.6) is 0 Å². The van der Waals surface area contributed by atoms with Gasteiger partial charge in [-0.15, -0.1) is 0 Å². The maximum Gasteiger partial charge on any atom is 0.409 e. The number of amides is 1. The van der Waals surface area contributed by atoms with E-state index in [0.29, 0.717) is 44.2 Å². The number of hydrogen-bond donors (Lipinski definition) is 0. The second-order valence-corrected chi connectivity index (χ2v) is 4.16. The fourth-order valence-electron chi connectivity index (χ4n) is 2.05. The van der Waals surface area contributed by atoms with Crippen molar-refractivity contribution in [1.82, 2.24) is 9.88 Å². The van der Waals surface area contributed by atoms with Crippen molar-refractivity contribution < 1.29 is 9.53 Å². The molecule has 0 atom stereocenters. The lowest BCUT2D eigenvalue weighted by molar-refractivity contribution is 0.105. The zero-order valence-electron chi connectivity index (χ0n) is 10.9. The maximum absolute atomic E-state index is 11.6. The van der Waals surface area contributed by atoms with Gasteiger partial charge in [-0.1, -0.05) is 0 Å². The smallest absolute Gasteiger partial charge is 0.409 e. The van der Waals surface area contributed by atoms with Crippen LogP contribution < -0.4 is 4.90 Å². The van der Waals surface area contributed by atoms with E-state index < -0.39 is 0 Å². The Kier molecular flexibility index (Phi) is 4.18. The van der Waals surface area contributed by atoms with Gasteiger partial charge in [0.2, 0.25) is 0 Å². The van der Waals surface area contributed by atoms with Crippen molar-refractivity contribution in [2.75, 3.05) is 37.7 Å². The van der Waals surface area contributed by atoms with Crippen LogP contribution in [-0.2, 0) is 4.74 Å². The molecule has 1 aliphatic heterocycles. The van der Waals surface area contributed by atoms with Gasteiger partial charge >= 0.3 is 6.09 Å². The molecule has 0 unspecified atom stereocenters. The quantitative estimate of drug-likeness (QED) is 0.800. The summed E-state index contributed by atoms with van der Waals surface area (Å²) >= 11 is 0. The van der Waals surface area contributed by atoms with Crippen LogP contribution in [0.1, 0.15) is 12.5 Å². The van der Waals surface area contributed by atoms with Crippen LogP contribution in [0.25, 0.3) is 0 Å². The number of nitriles is 1. The predicted molar refractivity (Wildman–Crippen MR) is 69.8 cm³/mol. The zero-order chi connectivity index (χ0) is 13.7. The number of carbonyl (C=O) groups excluding carboxylic acids is 1. The third kappa shape index (κ3) is 2.94. The molecule has 0 bridgehead atoms. The Balaban J connectivity index is 2.00. The number of aromatic nitrogens is 1. The third-order valence-corrected chi connectivity index (χ3v) is 3.01. The Morgan fingerprint density at radius 1 is 1.47 bits per heavy atom. The van der Waals surface area contributed by atoms with Gasteiger partial charge in [-0.05, 0) is 19.1 Å². The minimum atomic E-state index is -0.274. The maximum atomic E-state index is 11.6. The van der Waals surface area contributed by atoms with Gasteiger partial charge in [0.25, 0.3) is 0 Å². The average molecular weight is 260 g/mol. The molecule has 0 aliphatic carbocycles. The molecular weight excluding hydrogens is 244 g/mol. The SMILES string of the molecule is CCOC(=O)N1CCN(c2ncccc2C#N)CC1. The lowest BCUT2D eigenvalue weighted by Crippen LogP contribution is -2.49. The number of rotatable bonds is 2. The first-order chi connectivity index (χ1) is 9.26. The molecule has 0 saturated carbocycles. The van der Waals surface area contributed by atoms with Crippen LogP contribution in [0.2, 0.25) is 0 Å². The highest BCUT2D eigenvalue weighted by Crippen LogP contribution is 2.18. The average Bonchev–Trinajstić information content (AvgIpc) is 2.47. The van der Waals surface area contributed by atoms with E-state index in [2.05, 4.69) is 11.1 Å². The van der Waals surface area contributed by atoms with E-state index in [1.165, 1.54) is 0 Å². The molecule has 100 valence electrons. The summed E-state index contributed by atoms with van der Waals surface area (Å²) < 4.78 is 4.97. The first kappa shape index (κ1) is 13.1. The molecule has 1 saturated heterocycles. The van der Waals surface area contributed by atoms with E-state index in [0.717, 1.165) is 0 Å². The van der Waals surface area contributed by atoms with Crippen LogP contribution in [0.4, 0.5) is 10.6 Å². The van der Waals surface area contributed by atoms with Gasteiger partial charge in [-0.3, -0.25) is 0 Å². The Hall–Kier alpha value is -2.29. The highest BCUT2D eigenvalue weighted by Gasteiger charge is 2.23. The van der Waals surface area contributed by atoms with Crippen LogP contribution in [-0.4, -0.2) is 48.8 Å². The van der Waals surface area contributed by atoms with E-state index in [9.17, 15) is 4.79 Å². The zero-order valence-corrected chi connectivity index (χ0v) is 10.9. The fourth-order valence-corrected chi connectivity index (χ4v) is 2.05. The van der Waals surface area contributed by atoms with Crippen molar-refractivity contribution in [1.29, 1.82) is 5.26 Å². The lowest BCUT2D eigenvalue weighted by atomic mass is 10.2. The summed E-state index contributed by atoms with van der Waals surface area (Å²) in [5.74, 6) is 0.688. The molecule has 1 aliphatic rings. The van der Waals surface area contributed by atoms with Crippen molar-refractivity contribution >= 4 is 11.9 Å². The van der Waals surface area contributed by atoms with Gasteiger partial charge in [0, 0.05) is 32.4 Å². The molecule has 2 heterocycles. The molecule has 0 N–H and O–H groups in total. The Bertz CT molecular complexity index is 490. The molecule has 6 nitrogen and oxygen atoms in total. The van der Waals surface area contributed by atoms with Crippen molar-refractivity contribution in [3.05, 3.63) is 23.9 Å².